The lowest BCUT2D eigenvalue weighted by Gasteiger charge is -1.96. The number of aromatic nitrogens is 2. The Balaban J connectivity index is 2.08. The first kappa shape index (κ1) is 13.0. The average Bonchev–Trinajstić information content (AvgIpc) is 2.84. The minimum atomic E-state index is -0.257. The maximum atomic E-state index is 11.0. The Morgan fingerprint density at radius 2 is 2.28 bits per heavy atom. The molecule has 0 unspecified atom stereocenters. The van der Waals surface area contributed by atoms with Crippen molar-refractivity contribution in [1.82, 2.24) is 10.2 Å². The Bertz CT molecular complexity index is 555. The zero-order valence-corrected chi connectivity index (χ0v) is 11.7. The number of esters is 1. The number of aryl methyl sites for hydroxylation is 1. The number of rotatable bonds is 4. The minimum absolute atomic E-state index is 0.257. The fraction of sp³-hybridized carbons (Fsp3) is 0.250. The van der Waals surface area contributed by atoms with Crippen LogP contribution in [-0.4, -0.2) is 29.0 Å². The van der Waals surface area contributed by atoms with E-state index in [9.17, 15) is 4.79 Å². The maximum absolute atomic E-state index is 11.0. The summed E-state index contributed by atoms with van der Waals surface area (Å²) in [7, 11) is 1.38. The number of ether oxygens (including phenoxy) is 1. The Hall–Kier alpha value is -1.40. The van der Waals surface area contributed by atoms with E-state index in [1.165, 1.54) is 35.8 Å². The monoisotopic (exact) mass is 280 g/mol. The molecule has 0 aliphatic carbocycles. The van der Waals surface area contributed by atoms with Crippen LogP contribution < -0.4 is 0 Å². The van der Waals surface area contributed by atoms with Crippen LogP contribution in [0.15, 0.2) is 28.6 Å². The van der Waals surface area contributed by atoms with E-state index in [2.05, 4.69) is 21.0 Å². The maximum Gasteiger partial charge on any atom is 0.316 e. The van der Waals surface area contributed by atoms with Crippen molar-refractivity contribution in [3.8, 4) is 10.6 Å². The number of hydrogen-bond donors (Lipinski definition) is 0. The SMILES string of the molecule is COC(=O)CSc1nnc(-c2cccc(C)c2)s1. The molecule has 1 heterocycles. The van der Waals surface area contributed by atoms with Gasteiger partial charge in [0.15, 0.2) is 4.34 Å². The Labute approximate surface area is 113 Å². The molecule has 0 radical (unpaired) electrons. The molecule has 0 fully saturated rings. The van der Waals surface area contributed by atoms with Gasteiger partial charge in [0, 0.05) is 5.56 Å². The molecule has 0 spiro atoms. The highest BCUT2D eigenvalue weighted by atomic mass is 32.2. The molecule has 0 amide bonds. The van der Waals surface area contributed by atoms with Crippen molar-refractivity contribution >= 4 is 29.1 Å². The Morgan fingerprint density at radius 3 is 3.00 bits per heavy atom. The van der Waals surface area contributed by atoms with Gasteiger partial charge in [0.2, 0.25) is 0 Å². The Kier molecular flexibility index (Phi) is 4.33. The van der Waals surface area contributed by atoms with Gasteiger partial charge in [-0.2, -0.15) is 0 Å². The molecule has 6 heteroatoms. The highest BCUT2D eigenvalue weighted by Gasteiger charge is 2.09. The number of methoxy groups -OCH3 is 1. The highest BCUT2D eigenvalue weighted by Crippen LogP contribution is 2.29. The highest BCUT2D eigenvalue weighted by molar-refractivity contribution is 8.01. The molecular weight excluding hydrogens is 268 g/mol. The summed E-state index contributed by atoms with van der Waals surface area (Å²) < 4.78 is 5.35. The smallest absolute Gasteiger partial charge is 0.316 e. The van der Waals surface area contributed by atoms with Gasteiger partial charge < -0.3 is 4.74 Å². The molecule has 2 aromatic rings. The lowest BCUT2D eigenvalue weighted by atomic mass is 10.1. The summed E-state index contributed by atoms with van der Waals surface area (Å²) in [5.41, 5.74) is 2.24. The normalized spacial score (nSPS) is 10.3. The van der Waals surface area contributed by atoms with Crippen molar-refractivity contribution in [2.24, 2.45) is 0 Å². The van der Waals surface area contributed by atoms with E-state index in [-0.39, 0.29) is 11.7 Å². The molecule has 2 rings (SSSR count). The molecule has 0 bridgehead atoms. The van der Waals surface area contributed by atoms with Crippen molar-refractivity contribution in [3.05, 3.63) is 29.8 Å². The summed E-state index contributed by atoms with van der Waals surface area (Å²) in [6.45, 7) is 2.04. The van der Waals surface area contributed by atoms with E-state index in [0.717, 1.165) is 14.9 Å². The van der Waals surface area contributed by atoms with Gasteiger partial charge in [0.25, 0.3) is 0 Å². The fourth-order valence-electron chi connectivity index (χ4n) is 1.34. The second-order valence-electron chi connectivity index (χ2n) is 3.61. The molecule has 0 atom stereocenters. The van der Waals surface area contributed by atoms with Gasteiger partial charge in [-0.3, -0.25) is 4.79 Å². The van der Waals surface area contributed by atoms with Gasteiger partial charge in [-0.15, -0.1) is 10.2 Å². The van der Waals surface area contributed by atoms with Gasteiger partial charge in [0.05, 0.1) is 12.9 Å². The number of benzene rings is 1. The number of thioether (sulfide) groups is 1. The van der Waals surface area contributed by atoms with E-state index >= 15 is 0 Å². The third-order valence-corrected chi connectivity index (χ3v) is 4.29. The Morgan fingerprint density at radius 1 is 1.44 bits per heavy atom. The van der Waals surface area contributed by atoms with E-state index in [1.807, 2.05) is 25.1 Å². The number of carbonyl (C=O) groups is 1. The van der Waals surface area contributed by atoms with Gasteiger partial charge in [-0.1, -0.05) is 46.9 Å². The molecule has 94 valence electrons. The molecule has 0 N–H and O–H groups in total. The molecular formula is C12H12N2O2S2. The van der Waals surface area contributed by atoms with Crippen LogP contribution in [0, 0.1) is 6.92 Å². The lowest BCUT2D eigenvalue weighted by molar-refractivity contribution is -0.137. The second-order valence-corrected chi connectivity index (χ2v) is 5.81. The predicted octanol–water partition coefficient (Wildman–Crippen LogP) is 2.78. The average molecular weight is 280 g/mol. The van der Waals surface area contributed by atoms with Crippen molar-refractivity contribution in [3.63, 3.8) is 0 Å². The molecule has 4 nitrogen and oxygen atoms in total. The van der Waals surface area contributed by atoms with Gasteiger partial charge in [-0.05, 0) is 13.0 Å². The molecule has 1 aromatic heterocycles. The van der Waals surface area contributed by atoms with Crippen molar-refractivity contribution < 1.29 is 9.53 Å². The van der Waals surface area contributed by atoms with Crippen molar-refractivity contribution in [2.45, 2.75) is 11.3 Å². The van der Waals surface area contributed by atoms with Crippen LogP contribution in [0.1, 0.15) is 5.56 Å². The van der Waals surface area contributed by atoms with Crippen LogP contribution in [0.2, 0.25) is 0 Å². The van der Waals surface area contributed by atoms with Crippen molar-refractivity contribution in [1.29, 1.82) is 0 Å². The van der Waals surface area contributed by atoms with Crippen LogP contribution in [-0.2, 0) is 9.53 Å². The molecule has 0 saturated heterocycles. The van der Waals surface area contributed by atoms with Crippen LogP contribution in [0.5, 0.6) is 0 Å². The van der Waals surface area contributed by atoms with E-state index < -0.39 is 0 Å². The van der Waals surface area contributed by atoms with Crippen LogP contribution in [0.4, 0.5) is 0 Å². The summed E-state index contributed by atoms with van der Waals surface area (Å²) in [6, 6.07) is 8.10. The molecule has 0 aliphatic rings. The van der Waals surface area contributed by atoms with Gasteiger partial charge in [-0.25, -0.2) is 0 Å². The second kappa shape index (κ2) is 5.97. The van der Waals surface area contributed by atoms with Crippen LogP contribution in [0.25, 0.3) is 10.6 Å². The zero-order valence-electron chi connectivity index (χ0n) is 10.0. The first-order valence-electron chi connectivity index (χ1n) is 5.29. The molecule has 0 saturated carbocycles. The topological polar surface area (TPSA) is 52.1 Å². The number of nitrogens with zero attached hydrogens (tertiary/aromatic N) is 2. The van der Waals surface area contributed by atoms with E-state index in [0.29, 0.717) is 0 Å². The van der Waals surface area contributed by atoms with Crippen LogP contribution in [0.3, 0.4) is 0 Å². The molecule has 18 heavy (non-hydrogen) atoms. The standard InChI is InChI=1S/C12H12N2O2S2/c1-8-4-3-5-9(6-8)11-13-14-12(18-11)17-7-10(15)16-2/h3-6H,7H2,1-2H3. The fourth-order valence-corrected chi connectivity index (χ4v) is 3.02. The third-order valence-electron chi connectivity index (χ3n) is 2.21. The predicted molar refractivity (Wildman–Crippen MR) is 72.8 cm³/mol. The largest absolute Gasteiger partial charge is 0.468 e. The summed E-state index contributed by atoms with van der Waals surface area (Å²) in [4.78, 5) is 11.0. The third kappa shape index (κ3) is 3.30. The van der Waals surface area contributed by atoms with Gasteiger partial charge >= 0.3 is 5.97 Å². The summed E-state index contributed by atoms with van der Waals surface area (Å²) in [5.74, 6) is 0.00572. The van der Waals surface area contributed by atoms with E-state index in [1.54, 1.807) is 0 Å². The van der Waals surface area contributed by atoms with Crippen LogP contribution >= 0.6 is 23.1 Å². The number of carbonyl (C=O) groups excluding carboxylic acids is 1. The summed E-state index contributed by atoms with van der Waals surface area (Å²) in [6.07, 6.45) is 0. The lowest BCUT2D eigenvalue weighted by Crippen LogP contribution is -2.02. The first-order valence-corrected chi connectivity index (χ1v) is 7.09. The molecule has 0 aliphatic heterocycles. The minimum Gasteiger partial charge on any atom is -0.468 e. The van der Waals surface area contributed by atoms with Gasteiger partial charge in [0.1, 0.15) is 5.01 Å². The van der Waals surface area contributed by atoms with Crippen molar-refractivity contribution in [2.75, 3.05) is 12.9 Å². The van der Waals surface area contributed by atoms with E-state index in [4.69, 9.17) is 0 Å². The first-order chi connectivity index (χ1) is 8.69. The quantitative estimate of drug-likeness (QED) is 0.636. The zero-order chi connectivity index (χ0) is 13.0. The summed E-state index contributed by atoms with van der Waals surface area (Å²) in [5, 5.41) is 9.05. The summed E-state index contributed by atoms with van der Waals surface area (Å²) >= 11 is 2.82. The number of hydrogen-bond acceptors (Lipinski definition) is 6. The molecule has 1 aromatic carbocycles.